The summed E-state index contributed by atoms with van der Waals surface area (Å²) >= 11 is 3.63. The van der Waals surface area contributed by atoms with Gasteiger partial charge >= 0.3 is 0 Å². The lowest BCUT2D eigenvalue weighted by molar-refractivity contribution is 0.768. The van der Waals surface area contributed by atoms with E-state index in [9.17, 15) is 0 Å². The number of benzene rings is 9. The molecule has 0 saturated heterocycles. The molecular weight excluding hydrogens is 803 g/mol. The quantitative estimate of drug-likeness (QED) is 0.167. The minimum atomic E-state index is -0.553. The Labute approximate surface area is 372 Å². The Morgan fingerprint density at radius 3 is 1.56 bits per heavy atom. The number of fused-ring (bicyclic) bond motifs is 9. The first-order chi connectivity index (χ1) is 31.2. The predicted molar refractivity (Wildman–Crippen MR) is 265 cm³/mol. The van der Waals surface area contributed by atoms with E-state index >= 15 is 0 Å². The van der Waals surface area contributed by atoms with E-state index in [0.29, 0.717) is 17.5 Å². The molecule has 0 aliphatic heterocycles. The second-order valence-corrected chi connectivity index (χ2v) is 18.3. The van der Waals surface area contributed by atoms with Crippen LogP contribution in [0, 0.1) is 0 Å². The van der Waals surface area contributed by atoms with Crippen molar-refractivity contribution in [3.8, 4) is 56.4 Å². The maximum atomic E-state index is 5.54. The molecule has 13 rings (SSSR count). The lowest BCUT2D eigenvalue weighted by atomic mass is 9.67. The van der Waals surface area contributed by atoms with Gasteiger partial charge < -0.3 is 0 Å². The Morgan fingerprint density at radius 1 is 0.317 bits per heavy atom. The number of hydrogen-bond acceptors (Lipinski definition) is 5. The molecule has 3 nitrogen and oxygen atoms in total. The molecule has 9 aromatic carbocycles. The Hall–Kier alpha value is -7.57. The first-order valence-corrected chi connectivity index (χ1v) is 22.9. The second kappa shape index (κ2) is 14.2. The summed E-state index contributed by atoms with van der Waals surface area (Å²) in [6.07, 6.45) is 0. The molecular formula is C58H35N3S2. The number of hydrogen-bond donors (Lipinski definition) is 0. The second-order valence-electron chi connectivity index (χ2n) is 16.2. The number of thiophene rings is 2. The summed E-state index contributed by atoms with van der Waals surface area (Å²) in [5.74, 6) is 1.94. The Morgan fingerprint density at radius 2 is 0.810 bits per heavy atom. The van der Waals surface area contributed by atoms with Crippen LogP contribution in [0.2, 0.25) is 0 Å². The fourth-order valence-corrected chi connectivity index (χ4v) is 12.5. The summed E-state index contributed by atoms with van der Waals surface area (Å²) in [7, 11) is 0. The Kier molecular flexibility index (Phi) is 8.17. The molecule has 12 aromatic rings. The normalized spacial score (nSPS) is 12.9. The van der Waals surface area contributed by atoms with Crippen molar-refractivity contribution < 1.29 is 0 Å². The third-order valence-electron chi connectivity index (χ3n) is 12.9. The molecule has 5 heteroatoms. The minimum Gasteiger partial charge on any atom is -0.208 e. The van der Waals surface area contributed by atoms with Crippen molar-refractivity contribution >= 4 is 63.0 Å². The summed E-state index contributed by atoms with van der Waals surface area (Å²) < 4.78 is 4.98. The van der Waals surface area contributed by atoms with Crippen LogP contribution >= 0.6 is 22.7 Å². The van der Waals surface area contributed by atoms with E-state index in [4.69, 9.17) is 15.0 Å². The molecule has 3 heterocycles. The van der Waals surface area contributed by atoms with E-state index < -0.39 is 5.41 Å². The van der Waals surface area contributed by atoms with Crippen LogP contribution in [-0.4, -0.2) is 15.0 Å². The van der Waals surface area contributed by atoms with Gasteiger partial charge in [-0.25, -0.2) is 15.0 Å². The van der Waals surface area contributed by atoms with Gasteiger partial charge in [0.15, 0.2) is 17.5 Å². The third kappa shape index (κ3) is 5.47. The topological polar surface area (TPSA) is 38.7 Å². The van der Waals surface area contributed by atoms with E-state index in [0.717, 1.165) is 33.4 Å². The van der Waals surface area contributed by atoms with Gasteiger partial charge in [0.25, 0.3) is 0 Å². The predicted octanol–water partition coefficient (Wildman–Crippen LogP) is 15.6. The van der Waals surface area contributed by atoms with Gasteiger partial charge in [-0.1, -0.05) is 182 Å². The Balaban J connectivity index is 1.09. The van der Waals surface area contributed by atoms with Gasteiger partial charge in [0.1, 0.15) is 0 Å². The highest BCUT2D eigenvalue weighted by atomic mass is 32.1. The molecule has 1 aliphatic rings. The fourth-order valence-electron chi connectivity index (χ4n) is 10.2. The zero-order valence-corrected chi connectivity index (χ0v) is 35.5. The van der Waals surface area contributed by atoms with Crippen LogP contribution in [0.1, 0.15) is 22.3 Å². The number of aromatic nitrogens is 3. The first kappa shape index (κ1) is 36.1. The molecule has 63 heavy (non-hydrogen) atoms. The van der Waals surface area contributed by atoms with Crippen LogP contribution in [-0.2, 0) is 5.41 Å². The summed E-state index contributed by atoms with van der Waals surface area (Å²) in [5, 5.41) is 4.98. The zero-order valence-electron chi connectivity index (χ0n) is 33.9. The van der Waals surface area contributed by atoms with Crippen LogP contribution in [0.3, 0.4) is 0 Å². The molecule has 0 fully saturated rings. The van der Waals surface area contributed by atoms with E-state index in [-0.39, 0.29) is 0 Å². The van der Waals surface area contributed by atoms with Crippen molar-refractivity contribution in [2.75, 3.05) is 0 Å². The molecule has 0 amide bonds. The van der Waals surface area contributed by atoms with Crippen LogP contribution in [0.15, 0.2) is 212 Å². The van der Waals surface area contributed by atoms with Gasteiger partial charge in [0.2, 0.25) is 0 Å². The monoisotopic (exact) mass is 837 g/mol. The maximum Gasteiger partial charge on any atom is 0.165 e. The van der Waals surface area contributed by atoms with Crippen molar-refractivity contribution in [1.29, 1.82) is 0 Å². The third-order valence-corrected chi connectivity index (χ3v) is 15.2. The van der Waals surface area contributed by atoms with E-state index in [1.807, 2.05) is 11.3 Å². The minimum absolute atomic E-state index is 0.553. The van der Waals surface area contributed by atoms with Gasteiger partial charge in [0.05, 0.1) is 5.41 Å². The fraction of sp³-hybridized carbons (Fsp3) is 0.0172. The molecule has 0 spiro atoms. The van der Waals surface area contributed by atoms with E-state index in [1.165, 1.54) is 68.2 Å². The van der Waals surface area contributed by atoms with Gasteiger partial charge in [-0.3, -0.25) is 0 Å². The van der Waals surface area contributed by atoms with Crippen molar-refractivity contribution in [3.05, 3.63) is 235 Å². The molecule has 1 aliphatic carbocycles. The van der Waals surface area contributed by atoms with Crippen molar-refractivity contribution in [2.24, 2.45) is 0 Å². The Bertz CT molecular complexity index is 3720. The average Bonchev–Trinajstić information content (AvgIpc) is 4.03. The summed E-state index contributed by atoms with van der Waals surface area (Å²) in [6.45, 7) is 0. The first-order valence-electron chi connectivity index (χ1n) is 21.3. The van der Waals surface area contributed by atoms with E-state index in [2.05, 4.69) is 212 Å². The molecule has 0 atom stereocenters. The van der Waals surface area contributed by atoms with Gasteiger partial charge in [-0.05, 0) is 74.8 Å². The molecule has 3 aromatic heterocycles. The summed E-state index contributed by atoms with van der Waals surface area (Å²) in [6, 6.07) is 76.7. The van der Waals surface area contributed by atoms with Crippen LogP contribution in [0.5, 0.6) is 0 Å². The van der Waals surface area contributed by atoms with Crippen LogP contribution in [0.25, 0.3) is 96.8 Å². The standard InChI is InChI=1S/C58H35N3S2/c1-3-17-37(18-4-1)58(38-19-5-2-6-20-38)48-29-12-9-25-44(48)53-45(27-16-30-49(53)58)56-59-55(60-57(61-56)46-28-15-26-42-40-22-10-14-32-51(40)63-54(42)46)43-24-8-7-21-39(43)36-33-34-52-47(35-36)41-23-11-13-31-50(41)62-52/h1-35H. The molecule has 0 N–H and O–H groups in total. The van der Waals surface area contributed by atoms with Gasteiger partial charge in [-0.15, -0.1) is 22.7 Å². The number of rotatable bonds is 6. The highest BCUT2D eigenvalue weighted by molar-refractivity contribution is 7.26. The molecule has 0 unspecified atom stereocenters. The zero-order chi connectivity index (χ0) is 41.5. The molecule has 0 bridgehead atoms. The molecule has 0 radical (unpaired) electrons. The van der Waals surface area contributed by atoms with Crippen LogP contribution in [0.4, 0.5) is 0 Å². The summed E-state index contributed by atoms with van der Waals surface area (Å²) in [4.78, 5) is 16.5. The van der Waals surface area contributed by atoms with Crippen LogP contribution < -0.4 is 0 Å². The highest BCUT2D eigenvalue weighted by Gasteiger charge is 2.47. The highest BCUT2D eigenvalue weighted by Crippen LogP contribution is 2.58. The van der Waals surface area contributed by atoms with Crippen molar-refractivity contribution in [1.82, 2.24) is 15.0 Å². The molecule has 294 valence electrons. The maximum absolute atomic E-state index is 5.54. The van der Waals surface area contributed by atoms with Crippen molar-refractivity contribution in [2.45, 2.75) is 5.41 Å². The van der Waals surface area contributed by atoms with Gasteiger partial charge in [-0.2, -0.15) is 0 Å². The number of nitrogens with zero attached hydrogens (tertiary/aromatic N) is 3. The average molecular weight is 838 g/mol. The lowest BCUT2D eigenvalue weighted by Gasteiger charge is -2.33. The SMILES string of the molecule is c1ccc(C2(c3ccccc3)c3ccccc3-c3c(-c4nc(-c5ccccc5-c5ccc6sc7ccccc7c6c5)nc(-c5cccc6c5sc5ccccc56)n4)cccc32)cc1. The smallest absolute Gasteiger partial charge is 0.165 e. The largest absolute Gasteiger partial charge is 0.208 e. The van der Waals surface area contributed by atoms with E-state index in [1.54, 1.807) is 11.3 Å². The van der Waals surface area contributed by atoms with Gasteiger partial charge in [0, 0.05) is 57.0 Å². The van der Waals surface area contributed by atoms with Crippen molar-refractivity contribution in [3.63, 3.8) is 0 Å². The molecule has 0 saturated carbocycles. The lowest BCUT2D eigenvalue weighted by Crippen LogP contribution is -2.28. The summed E-state index contributed by atoms with van der Waals surface area (Å²) in [5.41, 5.74) is 11.8.